The van der Waals surface area contributed by atoms with Crippen LogP contribution in [0.5, 0.6) is 0 Å². The maximum Gasteiger partial charge on any atom is 0.238 e. The molecule has 0 atom stereocenters. The molecule has 0 saturated carbocycles. The van der Waals surface area contributed by atoms with Crippen LogP contribution < -0.4 is 5.14 Å². The van der Waals surface area contributed by atoms with E-state index in [9.17, 15) is 8.42 Å². The van der Waals surface area contributed by atoms with Gasteiger partial charge in [-0.2, -0.15) is 4.98 Å². The number of aryl methyl sites for hydroxylation is 2. The van der Waals surface area contributed by atoms with Gasteiger partial charge in [-0.25, -0.2) is 18.5 Å². The van der Waals surface area contributed by atoms with Crippen molar-refractivity contribution in [3.05, 3.63) is 53.9 Å². The Hall–Kier alpha value is -2.69. The van der Waals surface area contributed by atoms with E-state index in [1.807, 2.05) is 23.6 Å². The molecule has 2 heterocycles. The number of sulfonamides is 1. The number of primary sulfonamides is 1. The van der Waals surface area contributed by atoms with E-state index in [2.05, 4.69) is 34.2 Å². The fourth-order valence-corrected chi connectivity index (χ4v) is 4.58. The van der Waals surface area contributed by atoms with E-state index in [1.54, 1.807) is 6.07 Å². The Balaban J connectivity index is 1.55. The molecule has 0 saturated heterocycles. The Morgan fingerprint density at radius 1 is 1.10 bits per heavy atom. The molecule has 8 nitrogen and oxygen atoms in total. The second-order valence-electron chi connectivity index (χ2n) is 6.69. The quantitative estimate of drug-likeness (QED) is 0.434. The second kappa shape index (κ2) is 8.21. The van der Waals surface area contributed by atoms with E-state index < -0.39 is 10.0 Å². The molecule has 0 fully saturated rings. The lowest BCUT2D eigenvalue weighted by atomic mass is 10.1. The molecule has 2 aromatic heterocycles. The number of rotatable bonds is 7. The van der Waals surface area contributed by atoms with Gasteiger partial charge in [0.25, 0.3) is 0 Å². The molecule has 4 rings (SSSR count). The maximum atomic E-state index is 11.6. The molecule has 0 aliphatic carbocycles. The minimum absolute atomic E-state index is 0.0444. The summed E-state index contributed by atoms with van der Waals surface area (Å²) in [5.74, 6) is 1.50. The second-order valence-corrected chi connectivity index (χ2v) is 9.19. The Morgan fingerprint density at radius 2 is 1.87 bits per heavy atom. The number of imidazole rings is 1. The highest BCUT2D eigenvalue weighted by atomic mass is 32.2. The average molecular weight is 444 g/mol. The van der Waals surface area contributed by atoms with Crippen LogP contribution in [0.25, 0.3) is 22.4 Å². The van der Waals surface area contributed by atoms with Gasteiger partial charge in [0, 0.05) is 12.1 Å². The summed E-state index contributed by atoms with van der Waals surface area (Å²) in [5, 5.41) is 10.0. The van der Waals surface area contributed by atoms with E-state index in [4.69, 9.17) is 9.66 Å². The van der Waals surface area contributed by atoms with Gasteiger partial charge in [-0.3, -0.25) is 0 Å². The van der Waals surface area contributed by atoms with Crippen molar-refractivity contribution in [2.45, 2.75) is 42.6 Å². The van der Waals surface area contributed by atoms with Crippen LogP contribution in [0.15, 0.2) is 57.0 Å². The summed E-state index contributed by atoms with van der Waals surface area (Å²) in [6.45, 7) is 4.80. The topological polar surface area (TPSA) is 117 Å². The maximum absolute atomic E-state index is 11.6. The monoisotopic (exact) mass is 443 g/mol. The number of nitrogens with zero attached hydrogens (tertiary/aromatic N) is 4. The highest BCUT2D eigenvalue weighted by molar-refractivity contribution is 7.98. The molecule has 4 aromatic rings. The van der Waals surface area contributed by atoms with Gasteiger partial charge in [-0.15, -0.1) is 0 Å². The summed E-state index contributed by atoms with van der Waals surface area (Å²) in [6, 6.07) is 12.8. The molecule has 0 aliphatic heterocycles. The van der Waals surface area contributed by atoms with Crippen LogP contribution >= 0.6 is 11.8 Å². The minimum Gasteiger partial charge on any atom is -0.338 e. The Morgan fingerprint density at radius 3 is 2.53 bits per heavy atom. The molecule has 2 aromatic carbocycles. The van der Waals surface area contributed by atoms with Gasteiger partial charge in [0.1, 0.15) is 0 Å². The van der Waals surface area contributed by atoms with Gasteiger partial charge in [0.15, 0.2) is 5.16 Å². The van der Waals surface area contributed by atoms with Crippen LogP contribution in [0.4, 0.5) is 0 Å². The average Bonchev–Trinajstić information content (AvgIpc) is 3.35. The molecule has 0 aliphatic rings. The van der Waals surface area contributed by atoms with Crippen LogP contribution in [-0.2, 0) is 28.7 Å². The molecule has 0 radical (unpaired) electrons. The molecule has 0 unspecified atom stereocenters. The van der Waals surface area contributed by atoms with E-state index in [0.717, 1.165) is 22.7 Å². The fraction of sp³-hybridized carbons (Fsp3) is 0.250. The van der Waals surface area contributed by atoms with Crippen LogP contribution in [0, 0.1) is 0 Å². The van der Waals surface area contributed by atoms with E-state index in [-0.39, 0.29) is 4.90 Å². The minimum atomic E-state index is -3.78. The number of hydrogen-bond acceptors (Lipinski definition) is 7. The van der Waals surface area contributed by atoms with Crippen molar-refractivity contribution in [1.82, 2.24) is 19.7 Å². The van der Waals surface area contributed by atoms with Crippen molar-refractivity contribution in [3.63, 3.8) is 0 Å². The molecular formula is C20H21N5O3S2. The first-order valence-electron chi connectivity index (χ1n) is 9.46. The van der Waals surface area contributed by atoms with Crippen LogP contribution in [0.2, 0.25) is 0 Å². The first-order chi connectivity index (χ1) is 14.4. The number of benzene rings is 2. The van der Waals surface area contributed by atoms with E-state index in [1.165, 1.54) is 29.5 Å². The zero-order chi connectivity index (χ0) is 21.3. The Labute approximate surface area is 178 Å². The third-order valence-electron chi connectivity index (χ3n) is 4.74. The first kappa shape index (κ1) is 20.6. The lowest BCUT2D eigenvalue weighted by Crippen LogP contribution is -2.11. The molecule has 0 bridgehead atoms. The standard InChI is InChI=1S/C20H21N5O3S2/c1-3-13-5-7-14(8-6-13)19-23-18(28-24-19)12-29-20-22-16-11-15(30(21,26)27)9-10-17(16)25(20)4-2/h5-11H,3-4,12H2,1-2H3,(H2,21,26,27). The zero-order valence-corrected chi connectivity index (χ0v) is 18.2. The van der Waals surface area contributed by atoms with Gasteiger partial charge < -0.3 is 9.09 Å². The van der Waals surface area contributed by atoms with Gasteiger partial charge >= 0.3 is 0 Å². The SMILES string of the molecule is CCc1ccc(-c2noc(CSc3nc4cc(S(N)(=O)=O)ccc4n3CC)n2)cc1. The Bertz CT molecular complexity index is 1290. The largest absolute Gasteiger partial charge is 0.338 e. The summed E-state index contributed by atoms with van der Waals surface area (Å²) in [6.07, 6.45) is 0.978. The van der Waals surface area contributed by atoms with E-state index >= 15 is 0 Å². The number of thioether (sulfide) groups is 1. The molecule has 0 amide bonds. The van der Waals surface area contributed by atoms with E-state index in [0.29, 0.717) is 29.5 Å². The predicted molar refractivity (Wildman–Crippen MR) is 115 cm³/mol. The van der Waals surface area contributed by atoms with Gasteiger partial charge in [0.2, 0.25) is 21.7 Å². The van der Waals surface area contributed by atoms with Crippen LogP contribution in [0.3, 0.4) is 0 Å². The van der Waals surface area contributed by atoms with Gasteiger partial charge in [-0.05, 0) is 37.1 Å². The molecule has 30 heavy (non-hydrogen) atoms. The van der Waals surface area contributed by atoms with Crippen molar-refractivity contribution in [2.24, 2.45) is 5.14 Å². The third kappa shape index (κ3) is 4.11. The highest BCUT2D eigenvalue weighted by Crippen LogP contribution is 2.28. The highest BCUT2D eigenvalue weighted by Gasteiger charge is 2.16. The van der Waals surface area contributed by atoms with Crippen LogP contribution in [0.1, 0.15) is 25.3 Å². The first-order valence-corrected chi connectivity index (χ1v) is 12.0. The lowest BCUT2D eigenvalue weighted by Gasteiger charge is -2.04. The summed E-state index contributed by atoms with van der Waals surface area (Å²) >= 11 is 1.45. The van der Waals surface area contributed by atoms with Gasteiger partial charge in [-0.1, -0.05) is 48.1 Å². The summed E-state index contributed by atoms with van der Waals surface area (Å²) in [7, 11) is -3.78. The predicted octanol–water partition coefficient (Wildman–Crippen LogP) is 3.61. The normalized spacial score (nSPS) is 12.0. The third-order valence-corrected chi connectivity index (χ3v) is 6.61. The zero-order valence-electron chi connectivity index (χ0n) is 16.6. The molecule has 156 valence electrons. The van der Waals surface area contributed by atoms with Crippen molar-refractivity contribution >= 4 is 32.8 Å². The van der Waals surface area contributed by atoms with Crippen LogP contribution in [-0.4, -0.2) is 28.1 Å². The number of fused-ring (bicyclic) bond motifs is 1. The van der Waals surface area contributed by atoms with Crippen molar-refractivity contribution in [3.8, 4) is 11.4 Å². The fourth-order valence-electron chi connectivity index (χ4n) is 3.13. The van der Waals surface area contributed by atoms with Crippen molar-refractivity contribution in [2.75, 3.05) is 0 Å². The molecule has 10 heteroatoms. The Kier molecular flexibility index (Phi) is 5.63. The lowest BCUT2D eigenvalue weighted by molar-refractivity contribution is 0.391. The molecular weight excluding hydrogens is 422 g/mol. The van der Waals surface area contributed by atoms with Gasteiger partial charge in [0.05, 0.1) is 21.7 Å². The molecule has 2 N–H and O–H groups in total. The summed E-state index contributed by atoms with van der Waals surface area (Å²) < 4.78 is 30.6. The number of aromatic nitrogens is 4. The molecule has 0 spiro atoms. The van der Waals surface area contributed by atoms with Crippen molar-refractivity contribution < 1.29 is 12.9 Å². The number of hydrogen-bond donors (Lipinski definition) is 1. The summed E-state index contributed by atoms with van der Waals surface area (Å²) in [4.78, 5) is 9.09. The smallest absolute Gasteiger partial charge is 0.238 e. The number of nitrogens with two attached hydrogens (primary N) is 1. The van der Waals surface area contributed by atoms with Crippen molar-refractivity contribution in [1.29, 1.82) is 0 Å². The summed E-state index contributed by atoms with van der Waals surface area (Å²) in [5.41, 5.74) is 3.58.